The van der Waals surface area contributed by atoms with E-state index in [9.17, 15) is 9.90 Å². The molecule has 1 saturated carbocycles. The van der Waals surface area contributed by atoms with Crippen molar-refractivity contribution >= 4 is 22.8 Å². The van der Waals surface area contributed by atoms with Gasteiger partial charge in [0.2, 0.25) is 0 Å². The Balaban J connectivity index is 1.58. The van der Waals surface area contributed by atoms with Gasteiger partial charge in [0.25, 0.3) is 0 Å². The van der Waals surface area contributed by atoms with Crippen molar-refractivity contribution in [2.75, 3.05) is 25.2 Å². The number of nitrogens with zero attached hydrogens (tertiary/aromatic N) is 5. The number of ether oxygens (including phenoxy) is 1. The Morgan fingerprint density at radius 3 is 2.54 bits per heavy atom. The highest BCUT2D eigenvalue weighted by molar-refractivity contribution is 6.04. The van der Waals surface area contributed by atoms with Crippen molar-refractivity contribution in [3.8, 4) is 11.3 Å². The van der Waals surface area contributed by atoms with Gasteiger partial charge >= 0.3 is 6.03 Å². The van der Waals surface area contributed by atoms with Gasteiger partial charge in [-0.2, -0.15) is 0 Å². The van der Waals surface area contributed by atoms with E-state index in [0.29, 0.717) is 13.2 Å². The average Bonchev–Trinajstić information content (AvgIpc) is 2.84. The first kappa shape index (κ1) is 23.6. The monoisotopic (exact) mass is 475 g/mol. The van der Waals surface area contributed by atoms with Gasteiger partial charge in [-0.1, -0.05) is 13.8 Å². The second-order valence-electron chi connectivity index (χ2n) is 10.0. The minimum absolute atomic E-state index is 0.00617. The number of hydrogen-bond acceptors (Lipinski definition) is 6. The third-order valence-electron chi connectivity index (χ3n) is 7.33. The number of amides is 2. The van der Waals surface area contributed by atoms with E-state index in [1.54, 1.807) is 4.90 Å². The Hall–Kier alpha value is -3.10. The topological polar surface area (TPSA) is 91.7 Å². The van der Waals surface area contributed by atoms with Gasteiger partial charge < -0.3 is 14.7 Å². The van der Waals surface area contributed by atoms with Crippen LogP contribution in [0.1, 0.15) is 37.9 Å². The first-order valence-electron chi connectivity index (χ1n) is 12.4. The number of pyridine rings is 3. The molecular formula is C27H33N5O3. The second kappa shape index (κ2) is 9.51. The number of aliphatic hydroxyl groups excluding tert-OH is 1. The van der Waals surface area contributed by atoms with Crippen molar-refractivity contribution in [1.82, 2.24) is 19.9 Å². The van der Waals surface area contributed by atoms with Crippen LogP contribution in [-0.4, -0.2) is 63.4 Å². The Bertz CT molecular complexity index is 1220. The number of rotatable bonds is 5. The largest absolute Gasteiger partial charge is 0.394 e. The zero-order valence-electron chi connectivity index (χ0n) is 20.8. The fourth-order valence-corrected chi connectivity index (χ4v) is 5.71. The van der Waals surface area contributed by atoms with E-state index >= 15 is 0 Å². The van der Waals surface area contributed by atoms with Gasteiger partial charge in [0.15, 0.2) is 0 Å². The van der Waals surface area contributed by atoms with Gasteiger partial charge in [0, 0.05) is 42.3 Å². The van der Waals surface area contributed by atoms with Crippen molar-refractivity contribution < 1.29 is 14.6 Å². The number of aryl methyl sites for hydroxylation is 1. The lowest BCUT2D eigenvalue weighted by Gasteiger charge is -2.46. The van der Waals surface area contributed by atoms with Crippen LogP contribution in [0.4, 0.5) is 10.5 Å². The summed E-state index contributed by atoms with van der Waals surface area (Å²) >= 11 is 0. The third kappa shape index (κ3) is 4.36. The number of aliphatic hydroxyl groups is 1. The van der Waals surface area contributed by atoms with Crippen molar-refractivity contribution in [3.05, 3.63) is 47.9 Å². The molecule has 0 bridgehead atoms. The van der Waals surface area contributed by atoms with Crippen molar-refractivity contribution in [2.24, 2.45) is 11.8 Å². The maximum atomic E-state index is 13.6. The van der Waals surface area contributed by atoms with E-state index in [1.807, 2.05) is 55.5 Å². The summed E-state index contributed by atoms with van der Waals surface area (Å²) in [6.07, 6.45) is 5.43. The quantitative estimate of drug-likeness (QED) is 0.595. The van der Waals surface area contributed by atoms with Crippen LogP contribution in [0.15, 0.2) is 36.7 Å². The van der Waals surface area contributed by atoms with E-state index in [2.05, 4.69) is 23.8 Å². The maximum Gasteiger partial charge on any atom is 0.324 e. The number of aromatic nitrogens is 3. The molecule has 8 nitrogen and oxygen atoms in total. The molecule has 3 aromatic rings. The molecule has 1 aliphatic heterocycles. The minimum atomic E-state index is -0.00617. The highest BCUT2D eigenvalue weighted by atomic mass is 16.5. The summed E-state index contributed by atoms with van der Waals surface area (Å²) in [7, 11) is 1.84. The third-order valence-corrected chi connectivity index (χ3v) is 7.33. The predicted molar refractivity (Wildman–Crippen MR) is 135 cm³/mol. The van der Waals surface area contributed by atoms with Crippen molar-refractivity contribution in [1.29, 1.82) is 0 Å². The Labute approximate surface area is 206 Å². The Morgan fingerprint density at radius 1 is 1.09 bits per heavy atom. The second-order valence-corrected chi connectivity index (χ2v) is 10.0. The van der Waals surface area contributed by atoms with Crippen molar-refractivity contribution in [3.63, 3.8) is 0 Å². The molecule has 2 aliphatic rings. The molecule has 0 radical (unpaired) electrons. The normalized spacial score (nSPS) is 24.7. The van der Waals surface area contributed by atoms with Gasteiger partial charge in [-0.15, -0.1) is 0 Å². The van der Waals surface area contributed by atoms with E-state index < -0.39 is 0 Å². The van der Waals surface area contributed by atoms with Crippen LogP contribution in [0.25, 0.3) is 22.3 Å². The zero-order chi connectivity index (χ0) is 24.7. The molecule has 1 N–H and O–H groups in total. The number of carbonyl (C=O) groups excluding carboxylic acids is 1. The highest BCUT2D eigenvalue weighted by Crippen LogP contribution is 2.41. The molecular weight excluding hydrogens is 442 g/mol. The molecule has 0 saturated heterocycles. The van der Waals surface area contributed by atoms with Crippen LogP contribution < -0.4 is 4.90 Å². The van der Waals surface area contributed by atoms with Gasteiger partial charge in [-0.05, 0) is 55.9 Å². The fourth-order valence-electron chi connectivity index (χ4n) is 5.71. The van der Waals surface area contributed by atoms with Crippen LogP contribution in [-0.2, 0) is 11.3 Å². The lowest BCUT2D eigenvalue weighted by Crippen LogP contribution is -2.54. The van der Waals surface area contributed by atoms with Crippen LogP contribution in [0.5, 0.6) is 0 Å². The summed E-state index contributed by atoms with van der Waals surface area (Å²) in [6, 6.07) is 7.96. The molecule has 1 fully saturated rings. The molecule has 5 rings (SSSR count). The van der Waals surface area contributed by atoms with Gasteiger partial charge in [-0.3, -0.25) is 14.9 Å². The fraction of sp³-hybridized carbons (Fsp3) is 0.481. The van der Waals surface area contributed by atoms with E-state index in [4.69, 9.17) is 9.72 Å². The number of hydrogen-bond donors (Lipinski definition) is 1. The van der Waals surface area contributed by atoms with Crippen LogP contribution in [0.2, 0.25) is 0 Å². The van der Waals surface area contributed by atoms with E-state index in [-0.39, 0.29) is 36.6 Å². The van der Waals surface area contributed by atoms with Gasteiger partial charge in [-0.25, -0.2) is 9.78 Å². The van der Waals surface area contributed by atoms with Crippen LogP contribution in [0.3, 0.4) is 0 Å². The summed E-state index contributed by atoms with van der Waals surface area (Å²) in [6.45, 7) is 7.18. The van der Waals surface area contributed by atoms with Gasteiger partial charge in [0.05, 0.1) is 42.8 Å². The van der Waals surface area contributed by atoms with E-state index in [0.717, 1.165) is 52.1 Å². The minimum Gasteiger partial charge on any atom is -0.394 e. The first-order chi connectivity index (χ1) is 16.9. The van der Waals surface area contributed by atoms with Crippen LogP contribution >= 0.6 is 0 Å². The molecule has 8 heteroatoms. The number of fused-ring (bicyclic) bond motifs is 3. The molecule has 2 unspecified atom stereocenters. The summed E-state index contributed by atoms with van der Waals surface area (Å²) < 4.78 is 5.96. The van der Waals surface area contributed by atoms with Crippen LogP contribution in [0, 0.1) is 18.8 Å². The standard InChI is InChI=1S/C27H33N5O3/c1-16-11-21(12-17(2)26(16)35-10-9-33)32-25-20(15-31(4)27(32)34)14-29-23-8-7-22(30-24(23)25)19-6-5-18(3)28-13-19/h5-8,13-14,16-17,21,26,33H,9-12,15H2,1-4H3. The summed E-state index contributed by atoms with van der Waals surface area (Å²) in [4.78, 5) is 31.5. The number of anilines is 1. The molecule has 2 amide bonds. The summed E-state index contributed by atoms with van der Waals surface area (Å²) in [5.74, 6) is 0.517. The molecule has 184 valence electrons. The molecule has 0 aromatic carbocycles. The van der Waals surface area contributed by atoms with E-state index in [1.165, 1.54) is 0 Å². The molecule has 0 spiro atoms. The zero-order valence-corrected chi connectivity index (χ0v) is 20.8. The Kier molecular flexibility index (Phi) is 6.42. The smallest absolute Gasteiger partial charge is 0.324 e. The molecule has 35 heavy (non-hydrogen) atoms. The number of carbonyl (C=O) groups is 1. The predicted octanol–water partition coefficient (Wildman–Crippen LogP) is 4.18. The van der Waals surface area contributed by atoms with Gasteiger partial charge in [0.1, 0.15) is 5.52 Å². The summed E-state index contributed by atoms with van der Waals surface area (Å²) in [5.41, 5.74) is 6.11. The molecule has 2 atom stereocenters. The number of urea groups is 1. The molecule has 3 aromatic heterocycles. The highest BCUT2D eigenvalue weighted by Gasteiger charge is 2.42. The molecule has 4 heterocycles. The van der Waals surface area contributed by atoms with Crippen molar-refractivity contribution in [2.45, 2.75) is 52.3 Å². The SMILES string of the molecule is Cc1ccc(-c2ccc3ncc4c(c3n2)N(C2CC(C)C(OCCO)C(C)C2)C(=O)N(C)C4)cn1. The first-order valence-corrected chi connectivity index (χ1v) is 12.4. The Morgan fingerprint density at radius 2 is 1.86 bits per heavy atom. The molecule has 1 aliphatic carbocycles. The average molecular weight is 476 g/mol. The maximum absolute atomic E-state index is 13.6. The lowest BCUT2D eigenvalue weighted by atomic mass is 9.77. The lowest BCUT2D eigenvalue weighted by molar-refractivity contribution is -0.0527. The summed E-state index contributed by atoms with van der Waals surface area (Å²) in [5, 5.41) is 9.22.